The summed E-state index contributed by atoms with van der Waals surface area (Å²) >= 11 is 0. The fraction of sp³-hybridized carbons (Fsp3) is 0.321. The monoisotopic (exact) mass is 489 g/mol. The van der Waals surface area contributed by atoms with Gasteiger partial charge in [0.1, 0.15) is 17.6 Å². The number of anilines is 1. The Balaban J connectivity index is 1.56. The first-order valence-electron chi connectivity index (χ1n) is 12.2. The van der Waals surface area contributed by atoms with Crippen molar-refractivity contribution in [3.63, 3.8) is 0 Å². The van der Waals surface area contributed by atoms with Gasteiger partial charge in [0.25, 0.3) is 0 Å². The van der Waals surface area contributed by atoms with E-state index in [1.54, 1.807) is 31.2 Å². The molecule has 1 heterocycles. The fourth-order valence-electron chi connectivity index (χ4n) is 3.90. The number of pyridine rings is 1. The number of aromatic hydroxyl groups is 1. The number of benzene rings is 2. The van der Waals surface area contributed by atoms with Gasteiger partial charge in [-0.1, -0.05) is 48.5 Å². The van der Waals surface area contributed by atoms with Gasteiger partial charge >= 0.3 is 0 Å². The predicted octanol–water partition coefficient (Wildman–Crippen LogP) is 2.63. The lowest BCUT2D eigenvalue weighted by Crippen LogP contribution is -2.52. The summed E-state index contributed by atoms with van der Waals surface area (Å²) < 4.78 is 0. The van der Waals surface area contributed by atoms with Crippen LogP contribution in [0.3, 0.4) is 0 Å². The van der Waals surface area contributed by atoms with Crippen molar-refractivity contribution >= 4 is 17.6 Å². The maximum atomic E-state index is 13.1. The smallest absolute Gasteiger partial charge is 0.242 e. The van der Waals surface area contributed by atoms with Crippen molar-refractivity contribution in [1.29, 1.82) is 0 Å². The molecule has 2 amide bonds. The first kappa shape index (κ1) is 26.7. The third-order valence-corrected chi connectivity index (χ3v) is 6.02. The fourth-order valence-corrected chi connectivity index (χ4v) is 3.90. The van der Waals surface area contributed by atoms with Gasteiger partial charge in [0, 0.05) is 12.2 Å². The molecule has 3 aromatic rings. The van der Waals surface area contributed by atoms with E-state index in [4.69, 9.17) is 5.73 Å². The Bertz CT molecular complexity index is 1150. The summed E-state index contributed by atoms with van der Waals surface area (Å²) in [6, 6.07) is 19.4. The van der Waals surface area contributed by atoms with Crippen LogP contribution in [0.4, 0.5) is 5.82 Å². The van der Waals surface area contributed by atoms with E-state index in [1.165, 1.54) is 0 Å². The molecular weight excluding hydrogens is 454 g/mol. The van der Waals surface area contributed by atoms with Gasteiger partial charge in [0.2, 0.25) is 11.8 Å². The Morgan fingerprint density at radius 3 is 2.44 bits per heavy atom. The van der Waals surface area contributed by atoms with E-state index in [2.05, 4.69) is 20.9 Å². The molecule has 0 unspecified atom stereocenters. The number of nitrogens with two attached hydrogens (primary N) is 1. The lowest BCUT2D eigenvalue weighted by Gasteiger charge is -2.21. The Morgan fingerprint density at radius 2 is 1.72 bits per heavy atom. The highest BCUT2D eigenvalue weighted by Crippen LogP contribution is 2.12. The number of aryl methyl sites for hydroxylation is 2. The van der Waals surface area contributed by atoms with Gasteiger partial charge in [-0.3, -0.25) is 9.59 Å². The number of nitrogens with zero attached hydrogens (tertiary/aromatic N) is 1. The molecule has 0 saturated carbocycles. The van der Waals surface area contributed by atoms with Crippen LogP contribution in [-0.2, 0) is 29.0 Å². The molecule has 36 heavy (non-hydrogen) atoms. The standard InChI is InChI=1S/C28H35N5O3/c1-19-23(12-14-26(29)32-19)18-31-27(35)20(2)33-28(36)25(13-11-21-7-4-3-5-8-21)30-16-15-22-9-6-10-24(34)17-22/h3-10,12,14,17,20,25,30,34H,11,13,15-16,18H2,1-2H3,(H2,29,32)(H,31,35)(H,33,36)/t20-,25+/m0/s1. The van der Waals surface area contributed by atoms with Gasteiger partial charge in [-0.05, 0) is 74.5 Å². The molecule has 2 atom stereocenters. The van der Waals surface area contributed by atoms with E-state index in [9.17, 15) is 14.7 Å². The summed E-state index contributed by atoms with van der Waals surface area (Å²) in [4.78, 5) is 30.0. The SMILES string of the molecule is Cc1nc(N)ccc1CNC(=O)[C@H](C)NC(=O)[C@@H](CCc1ccccc1)NCCc1cccc(O)c1. The first-order valence-corrected chi connectivity index (χ1v) is 12.2. The number of hydrogen-bond acceptors (Lipinski definition) is 6. The third kappa shape index (κ3) is 8.39. The molecule has 1 aromatic heterocycles. The maximum absolute atomic E-state index is 13.1. The number of aromatic nitrogens is 1. The van der Waals surface area contributed by atoms with Crippen LogP contribution in [0.5, 0.6) is 5.75 Å². The second-order valence-corrected chi connectivity index (χ2v) is 8.88. The molecule has 2 aromatic carbocycles. The van der Waals surface area contributed by atoms with Crippen LogP contribution in [0.2, 0.25) is 0 Å². The highest BCUT2D eigenvalue weighted by Gasteiger charge is 2.22. The Kier molecular flexibility index (Phi) is 9.82. The van der Waals surface area contributed by atoms with Crippen molar-refractivity contribution < 1.29 is 14.7 Å². The van der Waals surface area contributed by atoms with Gasteiger partial charge in [0.05, 0.1) is 6.04 Å². The number of carbonyl (C=O) groups excluding carboxylic acids is 2. The van der Waals surface area contributed by atoms with E-state index < -0.39 is 12.1 Å². The average molecular weight is 490 g/mol. The van der Waals surface area contributed by atoms with Gasteiger partial charge in [-0.2, -0.15) is 0 Å². The van der Waals surface area contributed by atoms with Crippen molar-refractivity contribution in [2.75, 3.05) is 12.3 Å². The van der Waals surface area contributed by atoms with Crippen molar-refractivity contribution in [3.8, 4) is 5.75 Å². The van der Waals surface area contributed by atoms with E-state index >= 15 is 0 Å². The molecule has 0 aliphatic heterocycles. The van der Waals surface area contributed by atoms with Crippen molar-refractivity contribution in [1.82, 2.24) is 20.9 Å². The highest BCUT2D eigenvalue weighted by molar-refractivity contribution is 5.89. The first-order chi connectivity index (χ1) is 17.3. The number of nitrogen functional groups attached to an aromatic ring is 1. The average Bonchev–Trinajstić information content (AvgIpc) is 2.86. The quantitative estimate of drug-likeness (QED) is 0.266. The summed E-state index contributed by atoms with van der Waals surface area (Å²) in [5.41, 5.74) is 9.43. The zero-order chi connectivity index (χ0) is 25.9. The Labute approximate surface area is 212 Å². The number of amides is 2. The third-order valence-electron chi connectivity index (χ3n) is 6.02. The second-order valence-electron chi connectivity index (χ2n) is 8.88. The van der Waals surface area contributed by atoms with E-state index in [-0.39, 0.29) is 17.6 Å². The van der Waals surface area contributed by atoms with Gasteiger partial charge in [0.15, 0.2) is 0 Å². The maximum Gasteiger partial charge on any atom is 0.242 e. The zero-order valence-electron chi connectivity index (χ0n) is 20.8. The topological polar surface area (TPSA) is 129 Å². The predicted molar refractivity (Wildman–Crippen MR) is 141 cm³/mol. The summed E-state index contributed by atoms with van der Waals surface area (Å²) in [7, 11) is 0. The lowest BCUT2D eigenvalue weighted by atomic mass is 10.0. The summed E-state index contributed by atoms with van der Waals surface area (Å²) in [6.45, 7) is 4.36. The number of phenols is 1. The number of rotatable bonds is 12. The molecule has 0 fully saturated rings. The molecular formula is C28H35N5O3. The minimum absolute atomic E-state index is 0.218. The van der Waals surface area contributed by atoms with Crippen LogP contribution in [0.15, 0.2) is 66.7 Å². The van der Waals surface area contributed by atoms with Crippen molar-refractivity contribution in [2.45, 2.75) is 51.7 Å². The number of hydrogen-bond donors (Lipinski definition) is 5. The number of carbonyl (C=O) groups is 2. The van der Waals surface area contributed by atoms with E-state index in [0.29, 0.717) is 31.7 Å². The second kappa shape index (κ2) is 13.3. The Hall–Kier alpha value is -3.91. The lowest BCUT2D eigenvalue weighted by molar-refractivity contribution is -0.129. The van der Waals surface area contributed by atoms with E-state index in [0.717, 1.165) is 28.8 Å². The van der Waals surface area contributed by atoms with Crippen molar-refractivity contribution in [3.05, 3.63) is 89.1 Å². The normalized spacial score (nSPS) is 12.5. The molecule has 8 nitrogen and oxygen atoms in total. The highest BCUT2D eigenvalue weighted by atomic mass is 16.3. The molecule has 8 heteroatoms. The summed E-state index contributed by atoms with van der Waals surface area (Å²) in [5, 5.41) is 18.7. The van der Waals surface area contributed by atoms with Gasteiger partial charge in [-0.15, -0.1) is 0 Å². The van der Waals surface area contributed by atoms with Crippen LogP contribution in [-0.4, -0.2) is 40.5 Å². The van der Waals surface area contributed by atoms with E-state index in [1.807, 2.05) is 49.4 Å². The molecule has 190 valence electrons. The molecule has 0 spiro atoms. The summed E-state index contributed by atoms with van der Waals surface area (Å²) in [6.07, 6.45) is 1.97. The zero-order valence-corrected chi connectivity index (χ0v) is 20.8. The van der Waals surface area contributed by atoms with Crippen LogP contribution in [0.1, 0.15) is 35.7 Å². The largest absolute Gasteiger partial charge is 0.508 e. The summed E-state index contributed by atoms with van der Waals surface area (Å²) in [5.74, 6) is 0.146. The van der Waals surface area contributed by atoms with Crippen LogP contribution < -0.4 is 21.7 Å². The van der Waals surface area contributed by atoms with Crippen LogP contribution in [0, 0.1) is 6.92 Å². The van der Waals surface area contributed by atoms with Crippen molar-refractivity contribution in [2.24, 2.45) is 0 Å². The molecule has 0 saturated heterocycles. The molecule has 3 rings (SSSR count). The number of nitrogens with one attached hydrogen (secondary N) is 3. The number of phenolic OH excluding ortho intramolecular Hbond substituents is 1. The minimum Gasteiger partial charge on any atom is -0.508 e. The molecule has 0 radical (unpaired) electrons. The molecule has 6 N–H and O–H groups in total. The van der Waals surface area contributed by atoms with Crippen LogP contribution in [0.25, 0.3) is 0 Å². The molecule has 0 aliphatic carbocycles. The van der Waals surface area contributed by atoms with Gasteiger partial charge < -0.3 is 26.8 Å². The van der Waals surface area contributed by atoms with Crippen LogP contribution >= 0.6 is 0 Å². The Morgan fingerprint density at radius 1 is 0.972 bits per heavy atom. The molecule has 0 aliphatic rings. The van der Waals surface area contributed by atoms with Gasteiger partial charge in [-0.25, -0.2) is 4.98 Å². The minimum atomic E-state index is -0.702. The molecule has 0 bridgehead atoms.